The lowest BCUT2D eigenvalue weighted by atomic mass is 10.1. The van der Waals surface area contributed by atoms with Crippen molar-refractivity contribution in [2.75, 3.05) is 5.32 Å². The van der Waals surface area contributed by atoms with Gasteiger partial charge in [0.2, 0.25) is 5.91 Å². The van der Waals surface area contributed by atoms with Crippen LogP contribution < -0.4 is 16.4 Å². The second kappa shape index (κ2) is 9.19. The summed E-state index contributed by atoms with van der Waals surface area (Å²) >= 11 is 12.1. The van der Waals surface area contributed by atoms with Crippen LogP contribution in [-0.2, 0) is 17.8 Å². The third kappa shape index (κ3) is 5.11. The largest absolute Gasteiger partial charge is 0.352 e. The summed E-state index contributed by atoms with van der Waals surface area (Å²) in [6, 6.07) is 11.7. The maximum absolute atomic E-state index is 12.5. The van der Waals surface area contributed by atoms with Gasteiger partial charge in [0, 0.05) is 23.5 Å². The molecule has 0 unspecified atom stereocenters. The number of halogens is 2. The second-order valence-electron chi connectivity index (χ2n) is 6.80. The van der Waals surface area contributed by atoms with Gasteiger partial charge in [0.25, 0.3) is 0 Å². The zero-order valence-corrected chi connectivity index (χ0v) is 18.0. The highest BCUT2D eigenvalue weighted by Gasteiger charge is 2.16. The topological polar surface area (TPSA) is 102 Å². The van der Waals surface area contributed by atoms with Gasteiger partial charge in [-0.05, 0) is 49.7 Å². The molecule has 3 rings (SSSR count). The van der Waals surface area contributed by atoms with E-state index in [0.29, 0.717) is 22.3 Å². The Morgan fingerprint density at radius 1 is 1.07 bits per heavy atom. The third-order valence-electron chi connectivity index (χ3n) is 4.64. The van der Waals surface area contributed by atoms with Crippen LogP contribution in [0.4, 0.5) is 10.5 Å². The van der Waals surface area contributed by atoms with Crippen molar-refractivity contribution in [3.8, 4) is 5.69 Å². The van der Waals surface area contributed by atoms with E-state index < -0.39 is 6.03 Å². The SMILES string of the molecule is Cc1nn(-c2ccc(Cl)c(Cl)c2)c(C)c1CC(=O)NCc1ccc(NC(N)=O)cc1. The molecule has 2 aromatic carbocycles. The number of anilines is 1. The van der Waals surface area contributed by atoms with E-state index >= 15 is 0 Å². The van der Waals surface area contributed by atoms with E-state index in [0.717, 1.165) is 28.2 Å². The summed E-state index contributed by atoms with van der Waals surface area (Å²) in [4.78, 5) is 23.3. The van der Waals surface area contributed by atoms with Crippen molar-refractivity contribution in [3.63, 3.8) is 0 Å². The summed E-state index contributed by atoms with van der Waals surface area (Å²) in [5.41, 5.74) is 9.86. The first-order valence-corrected chi connectivity index (χ1v) is 9.93. The maximum Gasteiger partial charge on any atom is 0.316 e. The van der Waals surface area contributed by atoms with Gasteiger partial charge in [-0.15, -0.1) is 0 Å². The zero-order chi connectivity index (χ0) is 21.8. The first-order chi connectivity index (χ1) is 14.2. The molecule has 9 heteroatoms. The van der Waals surface area contributed by atoms with E-state index in [9.17, 15) is 9.59 Å². The van der Waals surface area contributed by atoms with E-state index in [1.54, 1.807) is 28.9 Å². The number of aryl methyl sites for hydroxylation is 1. The van der Waals surface area contributed by atoms with Crippen LogP contribution in [0.3, 0.4) is 0 Å². The fourth-order valence-corrected chi connectivity index (χ4v) is 3.36. The first-order valence-electron chi connectivity index (χ1n) is 9.17. The molecule has 3 amide bonds. The molecule has 0 saturated heterocycles. The van der Waals surface area contributed by atoms with Gasteiger partial charge in [-0.1, -0.05) is 35.3 Å². The molecule has 0 aliphatic rings. The number of amides is 3. The predicted octanol–water partition coefficient (Wildman–Crippen LogP) is 4.15. The van der Waals surface area contributed by atoms with Gasteiger partial charge < -0.3 is 16.4 Å². The van der Waals surface area contributed by atoms with Crippen molar-refractivity contribution in [3.05, 3.63) is 75.0 Å². The van der Waals surface area contributed by atoms with Crippen LogP contribution in [0, 0.1) is 13.8 Å². The smallest absolute Gasteiger partial charge is 0.316 e. The average Bonchev–Trinajstić information content (AvgIpc) is 2.97. The Morgan fingerprint density at radius 2 is 1.77 bits per heavy atom. The summed E-state index contributed by atoms with van der Waals surface area (Å²) < 4.78 is 1.75. The number of urea groups is 1. The van der Waals surface area contributed by atoms with Gasteiger partial charge in [-0.3, -0.25) is 4.79 Å². The van der Waals surface area contributed by atoms with Crippen LogP contribution in [0.15, 0.2) is 42.5 Å². The lowest BCUT2D eigenvalue weighted by Crippen LogP contribution is -2.25. The molecule has 0 aliphatic carbocycles. The fraction of sp³-hybridized carbons (Fsp3) is 0.190. The molecule has 0 saturated carbocycles. The second-order valence-corrected chi connectivity index (χ2v) is 7.61. The van der Waals surface area contributed by atoms with Crippen LogP contribution in [0.25, 0.3) is 5.69 Å². The number of hydrogen-bond donors (Lipinski definition) is 3. The fourth-order valence-electron chi connectivity index (χ4n) is 3.07. The van der Waals surface area contributed by atoms with Crippen LogP contribution in [-0.4, -0.2) is 21.7 Å². The molecule has 1 heterocycles. The molecule has 0 fully saturated rings. The minimum atomic E-state index is -0.622. The highest BCUT2D eigenvalue weighted by Crippen LogP contribution is 2.26. The number of carbonyl (C=O) groups excluding carboxylic acids is 2. The van der Waals surface area contributed by atoms with Crippen molar-refractivity contribution in [1.82, 2.24) is 15.1 Å². The van der Waals surface area contributed by atoms with E-state index in [1.165, 1.54) is 0 Å². The van der Waals surface area contributed by atoms with E-state index in [2.05, 4.69) is 15.7 Å². The number of primary amides is 1. The molecule has 4 N–H and O–H groups in total. The molecule has 0 bridgehead atoms. The maximum atomic E-state index is 12.5. The molecule has 156 valence electrons. The van der Waals surface area contributed by atoms with Crippen molar-refractivity contribution in [2.24, 2.45) is 5.73 Å². The predicted molar refractivity (Wildman–Crippen MR) is 118 cm³/mol. The number of nitrogens with one attached hydrogen (secondary N) is 2. The number of carbonyl (C=O) groups is 2. The third-order valence-corrected chi connectivity index (χ3v) is 5.38. The van der Waals surface area contributed by atoms with E-state index in [1.807, 2.05) is 32.0 Å². The molecule has 7 nitrogen and oxygen atoms in total. The van der Waals surface area contributed by atoms with Gasteiger partial charge in [0.1, 0.15) is 0 Å². The van der Waals surface area contributed by atoms with Crippen LogP contribution in [0.1, 0.15) is 22.5 Å². The van der Waals surface area contributed by atoms with Crippen LogP contribution in [0.2, 0.25) is 10.0 Å². The van der Waals surface area contributed by atoms with Gasteiger partial charge in [-0.25, -0.2) is 9.48 Å². The Kier molecular flexibility index (Phi) is 6.64. The Bertz CT molecular complexity index is 1090. The molecule has 30 heavy (non-hydrogen) atoms. The Labute approximate surface area is 184 Å². The number of benzene rings is 2. The quantitative estimate of drug-likeness (QED) is 0.530. The Hall–Kier alpha value is -3.03. The summed E-state index contributed by atoms with van der Waals surface area (Å²) in [6.07, 6.45) is 0.209. The van der Waals surface area contributed by atoms with Crippen molar-refractivity contribution in [2.45, 2.75) is 26.8 Å². The molecule has 3 aromatic rings. The summed E-state index contributed by atoms with van der Waals surface area (Å²) in [6.45, 7) is 4.15. The van der Waals surface area contributed by atoms with Crippen LogP contribution >= 0.6 is 23.2 Å². The minimum absolute atomic E-state index is 0.116. The standard InChI is InChI=1S/C21H21Cl2N5O2/c1-12-17(13(2)28(27-12)16-7-8-18(22)19(23)9-16)10-20(29)25-11-14-3-5-15(6-4-14)26-21(24)30/h3-9H,10-11H2,1-2H3,(H,25,29)(H3,24,26,30). The molecular weight excluding hydrogens is 425 g/mol. The van der Waals surface area contributed by atoms with Crippen molar-refractivity contribution in [1.29, 1.82) is 0 Å². The number of hydrogen-bond acceptors (Lipinski definition) is 3. The number of rotatable bonds is 6. The number of nitrogens with zero attached hydrogens (tertiary/aromatic N) is 2. The number of nitrogens with two attached hydrogens (primary N) is 1. The molecule has 0 radical (unpaired) electrons. The van der Waals surface area contributed by atoms with Gasteiger partial charge in [0.05, 0.1) is 27.8 Å². The highest BCUT2D eigenvalue weighted by atomic mass is 35.5. The minimum Gasteiger partial charge on any atom is -0.352 e. The normalized spacial score (nSPS) is 10.7. The van der Waals surface area contributed by atoms with Crippen molar-refractivity contribution >= 4 is 40.8 Å². The van der Waals surface area contributed by atoms with Gasteiger partial charge in [0.15, 0.2) is 0 Å². The Morgan fingerprint density at radius 3 is 2.40 bits per heavy atom. The van der Waals surface area contributed by atoms with E-state index in [-0.39, 0.29) is 12.3 Å². The average molecular weight is 446 g/mol. The Balaban J connectivity index is 1.66. The lowest BCUT2D eigenvalue weighted by molar-refractivity contribution is -0.120. The zero-order valence-electron chi connectivity index (χ0n) is 16.5. The molecule has 0 atom stereocenters. The summed E-state index contributed by atoms with van der Waals surface area (Å²) in [5, 5.41) is 10.9. The molecular formula is C21H21Cl2N5O2. The first kappa shape index (κ1) is 21.7. The van der Waals surface area contributed by atoms with Crippen molar-refractivity contribution < 1.29 is 9.59 Å². The highest BCUT2D eigenvalue weighted by molar-refractivity contribution is 6.42. The number of aromatic nitrogens is 2. The van der Waals surface area contributed by atoms with Gasteiger partial charge >= 0.3 is 6.03 Å². The summed E-state index contributed by atoms with van der Waals surface area (Å²) in [7, 11) is 0. The lowest BCUT2D eigenvalue weighted by Gasteiger charge is -2.08. The van der Waals surface area contributed by atoms with Crippen LogP contribution in [0.5, 0.6) is 0 Å². The monoisotopic (exact) mass is 445 g/mol. The van der Waals surface area contributed by atoms with Gasteiger partial charge in [-0.2, -0.15) is 5.10 Å². The molecule has 1 aromatic heterocycles. The van der Waals surface area contributed by atoms with E-state index in [4.69, 9.17) is 28.9 Å². The molecule has 0 spiro atoms. The molecule has 0 aliphatic heterocycles. The summed E-state index contributed by atoms with van der Waals surface area (Å²) in [5.74, 6) is -0.116.